The Morgan fingerprint density at radius 2 is 2.00 bits per heavy atom. The Bertz CT molecular complexity index is 411. The first-order valence-corrected chi connectivity index (χ1v) is 8.31. The van der Waals surface area contributed by atoms with Crippen molar-refractivity contribution < 1.29 is 14.3 Å². The number of amides is 1. The van der Waals surface area contributed by atoms with Crippen molar-refractivity contribution in [2.24, 2.45) is 0 Å². The number of carbonyl (C=O) groups is 2. The molecule has 0 radical (unpaired) electrons. The number of hydrogen-bond acceptors (Lipinski definition) is 4. The second-order valence-corrected chi connectivity index (χ2v) is 6.69. The zero-order chi connectivity index (χ0) is 14.5. The second kappa shape index (κ2) is 7.16. The van der Waals surface area contributed by atoms with Gasteiger partial charge in [-0.15, -0.1) is 11.8 Å². The molecule has 1 fully saturated rings. The summed E-state index contributed by atoms with van der Waals surface area (Å²) in [6.45, 7) is 5.60. The Morgan fingerprint density at radius 3 is 2.60 bits per heavy atom. The molecule has 2 aliphatic rings. The summed E-state index contributed by atoms with van der Waals surface area (Å²) in [6.07, 6.45) is 4.95. The molecule has 1 aliphatic heterocycles. The molecular weight excluding hydrogens is 274 g/mol. The third-order valence-corrected chi connectivity index (χ3v) is 5.43. The Kier molecular flexibility index (Phi) is 5.52. The first-order valence-electron chi connectivity index (χ1n) is 7.43. The van der Waals surface area contributed by atoms with Crippen LogP contribution < -0.4 is 0 Å². The van der Waals surface area contributed by atoms with Crippen molar-refractivity contribution in [1.82, 2.24) is 4.90 Å². The van der Waals surface area contributed by atoms with Crippen LogP contribution in [0.2, 0.25) is 0 Å². The van der Waals surface area contributed by atoms with Gasteiger partial charge in [0.2, 0.25) is 5.91 Å². The van der Waals surface area contributed by atoms with Gasteiger partial charge >= 0.3 is 5.97 Å². The number of likely N-dealkylation sites (tertiary alicyclic amines) is 1. The van der Waals surface area contributed by atoms with Crippen LogP contribution in [0.1, 0.15) is 46.0 Å². The fourth-order valence-corrected chi connectivity index (χ4v) is 4.21. The van der Waals surface area contributed by atoms with E-state index in [-0.39, 0.29) is 11.9 Å². The summed E-state index contributed by atoms with van der Waals surface area (Å²) in [5.74, 6) is 0.0365. The highest BCUT2D eigenvalue weighted by atomic mass is 32.2. The van der Waals surface area contributed by atoms with Gasteiger partial charge in [-0.2, -0.15) is 0 Å². The van der Waals surface area contributed by atoms with Crippen LogP contribution in [-0.4, -0.2) is 41.7 Å². The first kappa shape index (κ1) is 15.4. The molecule has 0 aromatic carbocycles. The van der Waals surface area contributed by atoms with Gasteiger partial charge in [-0.25, -0.2) is 4.79 Å². The number of esters is 1. The van der Waals surface area contributed by atoms with E-state index in [9.17, 15) is 9.59 Å². The van der Waals surface area contributed by atoms with E-state index in [2.05, 4.69) is 0 Å². The molecule has 1 heterocycles. The van der Waals surface area contributed by atoms with Gasteiger partial charge in [0.25, 0.3) is 0 Å². The van der Waals surface area contributed by atoms with Crippen LogP contribution in [0.3, 0.4) is 0 Å². The van der Waals surface area contributed by atoms with Crippen molar-refractivity contribution in [3.05, 3.63) is 10.5 Å². The molecule has 0 bridgehead atoms. The van der Waals surface area contributed by atoms with Crippen molar-refractivity contribution >= 4 is 23.6 Å². The molecule has 4 nitrogen and oxygen atoms in total. The van der Waals surface area contributed by atoms with Crippen LogP contribution in [0.5, 0.6) is 0 Å². The van der Waals surface area contributed by atoms with E-state index in [4.69, 9.17) is 4.74 Å². The summed E-state index contributed by atoms with van der Waals surface area (Å²) in [6, 6.07) is 0. The van der Waals surface area contributed by atoms with Gasteiger partial charge in [0.15, 0.2) is 0 Å². The van der Waals surface area contributed by atoms with Crippen molar-refractivity contribution in [3.63, 3.8) is 0 Å². The molecule has 2 rings (SSSR count). The third kappa shape index (κ3) is 3.78. The fourth-order valence-electron chi connectivity index (χ4n) is 2.77. The maximum Gasteiger partial charge on any atom is 0.334 e. The maximum absolute atomic E-state index is 11.9. The van der Waals surface area contributed by atoms with Gasteiger partial charge in [0.1, 0.15) is 0 Å². The smallest absolute Gasteiger partial charge is 0.334 e. The number of piperidine rings is 1. The Balaban J connectivity index is 1.91. The third-order valence-electron chi connectivity index (χ3n) is 3.89. The monoisotopic (exact) mass is 297 g/mol. The summed E-state index contributed by atoms with van der Waals surface area (Å²) >= 11 is 1.85. The molecule has 1 aliphatic carbocycles. The maximum atomic E-state index is 11.9. The molecule has 0 spiro atoms. The SMILES string of the molecule is CCOC(=O)C1=C(SC2CCN(C(C)=O)CC2)CCC1. The van der Waals surface area contributed by atoms with Gasteiger partial charge in [-0.1, -0.05) is 0 Å². The zero-order valence-electron chi connectivity index (χ0n) is 12.3. The van der Waals surface area contributed by atoms with E-state index < -0.39 is 0 Å². The summed E-state index contributed by atoms with van der Waals surface area (Å²) in [5, 5.41) is 0.531. The lowest BCUT2D eigenvalue weighted by Gasteiger charge is -2.31. The van der Waals surface area contributed by atoms with Crippen LogP contribution in [0.4, 0.5) is 0 Å². The normalized spacial score (nSPS) is 20.4. The van der Waals surface area contributed by atoms with Crippen LogP contribution in [0.15, 0.2) is 10.5 Å². The number of nitrogens with zero attached hydrogens (tertiary/aromatic N) is 1. The van der Waals surface area contributed by atoms with Crippen molar-refractivity contribution in [3.8, 4) is 0 Å². The molecule has 0 unspecified atom stereocenters. The number of rotatable bonds is 4. The van der Waals surface area contributed by atoms with Gasteiger partial charge in [0, 0.05) is 30.8 Å². The number of ether oxygens (including phenoxy) is 1. The summed E-state index contributed by atoms with van der Waals surface area (Å²) < 4.78 is 5.13. The molecule has 20 heavy (non-hydrogen) atoms. The lowest BCUT2D eigenvalue weighted by Crippen LogP contribution is -2.37. The highest BCUT2D eigenvalue weighted by Gasteiger charge is 2.27. The first-order chi connectivity index (χ1) is 9.61. The van der Waals surface area contributed by atoms with E-state index in [0.717, 1.165) is 50.8 Å². The van der Waals surface area contributed by atoms with Gasteiger partial charge < -0.3 is 9.64 Å². The Hall–Kier alpha value is -0.970. The summed E-state index contributed by atoms with van der Waals surface area (Å²) in [4.78, 5) is 26.3. The highest BCUT2D eigenvalue weighted by molar-refractivity contribution is 8.03. The van der Waals surface area contributed by atoms with Gasteiger partial charge in [0.05, 0.1) is 6.61 Å². The van der Waals surface area contributed by atoms with Crippen LogP contribution in [0, 0.1) is 0 Å². The number of carbonyl (C=O) groups excluding carboxylic acids is 2. The molecule has 1 saturated heterocycles. The minimum absolute atomic E-state index is 0.131. The highest BCUT2D eigenvalue weighted by Crippen LogP contribution is 2.40. The number of hydrogen-bond donors (Lipinski definition) is 0. The topological polar surface area (TPSA) is 46.6 Å². The minimum Gasteiger partial charge on any atom is -0.463 e. The standard InChI is InChI=1S/C15H23NO3S/c1-3-19-15(18)13-5-4-6-14(13)20-12-7-9-16(10-8-12)11(2)17/h12H,3-10H2,1-2H3. The average molecular weight is 297 g/mol. The second-order valence-electron chi connectivity index (χ2n) is 5.30. The zero-order valence-corrected chi connectivity index (χ0v) is 13.1. The molecule has 0 saturated carbocycles. The van der Waals surface area contributed by atoms with E-state index >= 15 is 0 Å². The van der Waals surface area contributed by atoms with E-state index in [1.165, 1.54) is 4.91 Å². The molecule has 0 aromatic heterocycles. The predicted molar refractivity (Wildman–Crippen MR) is 80.4 cm³/mol. The van der Waals surface area contributed by atoms with E-state index in [0.29, 0.717) is 11.9 Å². The fraction of sp³-hybridized carbons (Fsp3) is 0.733. The molecule has 5 heteroatoms. The molecule has 0 aromatic rings. The minimum atomic E-state index is -0.131. The molecule has 0 atom stereocenters. The summed E-state index contributed by atoms with van der Waals surface area (Å²) in [7, 11) is 0. The molecular formula is C15H23NO3S. The average Bonchev–Trinajstić information content (AvgIpc) is 2.88. The van der Waals surface area contributed by atoms with Crippen LogP contribution >= 0.6 is 11.8 Å². The van der Waals surface area contributed by atoms with Gasteiger partial charge in [-0.05, 0) is 43.9 Å². The molecule has 0 N–H and O–H groups in total. The van der Waals surface area contributed by atoms with Gasteiger partial charge in [-0.3, -0.25) is 4.79 Å². The lowest BCUT2D eigenvalue weighted by atomic mass is 10.1. The molecule has 1 amide bonds. The van der Waals surface area contributed by atoms with E-state index in [1.807, 2.05) is 23.6 Å². The van der Waals surface area contributed by atoms with Crippen molar-refractivity contribution in [1.29, 1.82) is 0 Å². The van der Waals surface area contributed by atoms with Crippen molar-refractivity contribution in [2.75, 3.05) is 19.7 Å². The van der Waals surface area contributed by atoms with E-state index in [1.54, 1.807) is 6.92 Å². The number of allylic oxidation sites excluding steroid dienone is 1. The lowest BCUT2D eigenvalue weighted by molar-refractivity contribution is -0.138. The summed E-state index contributed by atoms with van der Waals surface area (Å²) in [5.41, 5.74) is 0.894. The largest absolute Gasteiger partial charge is 0.463 e. The quantitative estimate of drug-likeness (QED) is 0.749. The van der Waals surface area contributed by atoms with Crippen LogP contribution in [0.25, 0.3) is 0 Å². The Morgan fingerprint density at radius 1 is 1.30 bits per heavy atom. The predicted octanol–water partition coefficient (Wildman–Crippen LogP) is 2.73. The Labute approximate surface area is 124 Å². The number of thioether (sulfide) groups is 1. The molecule has 112 valence electrons. The van der Waals surface area contributed by atoms with Crippen LogP contribution in [-0.2, 0) is 14.3 Å². The van der Waals surface area contributed by atoms with Crippen molar-refractivity contribution in [2.45, 2.75) is 51.2 Å².